The lowest BCUT2D eigenvalue weighted by Gasteiger charge is -2.25. The molecule has 0 amide bonds. The van der Waals surface area contributed by atoms with Gasteiger partial charge in [-0.15, -0.1) is 0 Å². The molecule has 1 aliphatic rings. The molecule has 0 heterocycles. The first-order valence-corrected chi connectivity index (χ1v) is 5.39. The molecule has 0 aromatic heterocycles. The molecular formula is C11H23N. The fourth-order valence-electron chi connectivity index (χ4n) is 1.73. The second kappa shape index (κ2) is 4.27. The maximum absolute atomic E-state index is 3.63. The first-order chi connectivity index (χ1) is 5.64. The third kappa shape index (κ3) is 4.10. The molecule has 0 unspecified atom stereocenters. The van der Waals surface area contributed by atoms with E-state index in [9.17, 15) is 0 Å². The van der Waals surface area contributed by atoms with Crippen molar-refractivity contribution in [2.24, 2.45) is 5.92 Å². The number of hydrogen-bond acceptors (Lipinski definition) is 1. The molecule has 12 heavy (non-hydrogen) atoms. The zero-order chi connectivity index (χ0) is 9.03. The van der Waals surface area contributed by atoms with Crippen LogP contribution in [0.3, 0.4) is 0 Å². The van der Waals surface area contributed by atoms with Gasteiger partial charge in [-0.05, 0) is 39.2 Å². The molecule has 0 aromatic rings. The third-order valence-electron chi connectivity index (χ3n) is 2.73. The van der Waals surface area contributed by atoms with Crippen LogP contribution in [0.4, 0.5) is 0 Å². The molecule has 1 aliphatic carbocycles. The first kappa shape index (κ1) is 10.0. The van der Waals surface area contributed by atoms with Crippen LogP contribution in [0.25, 0.3) is 0 Å². The van der Waals surface area contributed by atoms with Crippen molar-refractivity contribution >= 4 is 0 Å². The monoisotopic (exact) mass is 169 g/mol. The summed E-state index contributed by atoms with van der Waals surface area (Å²) in [6, 6.07) is 0. The minimum Gasteiger partial charge on any atom is -0.312 e. The SMILES string of the molecule is CCCC(C)(C)NCCC1CC1. The molecule has 0 atom stereocenters. The quantitative estimate of drug-likeness (QED) is 0.644. The summed E-state index contributed by atoms with van der Waals surface area (Å²) in [7, 11) is 0. The summed E-state index contributed by atoms with van der Waals surface area (Å²) in [6.45, 7) is 8.09. The second-order valence-corrected chi connectivity index (χ2v) is 4.79. The smallest absolute Gasteiger partial charge is 0.0125 e. The molecule has 0 radical (unpaired) electrons. The predicted octanol–water partition coefficient (Wildman–Crippen LogP) is 2.95. The van der Waals surface area contributed by atoms with Gasteiger partial charge in [-0.2, -0.15) is 0 Å². The van der Waals surface area contributed by atoms with Gasteiger partial charge >= 0.3 is 0 Å². The van der Waals surface area contributed by atoms with Gasteiger partial charge in [0, 0.05) is 5.54 Å². The molecule has 0 aliphatic heterocycles. The van der Waals surface area contributed by atoms with E-state index in [2.05, 4.69) is 26.1 Å². The summed E-state index contributed by atoms with van der Waals surface area (Å²) in [4.78, 5) is 0. The molecule has 1 saturated carbocycles. The summed E-state index contributed by atoms with van der Waals surface area (Å²) in [5, 5.41) is 3.63. The van der Waals surface area contributed by atoms with Gasteiger partial charge in [-0.25, -0.2) is 0 Å². The lowest BCUT2D eigenvalue weighted by molar-refractivity contribution is 0.353. The topological polar surface area (TPSA) is 12.0 Å². The first-order valence-electron chi connectivity index (χ1n) is 5.39. The van der Waals surface area contributed by atoms with Crippen molar-refractivity contribution in [3.8, 4) is 0 Å². The van der Waals surface area contributed by atoms with Crippen LogP contribution in [0, 0.1) is 5.92 Å². The predicted molar refractivity (Wildman–Crippen MR) is 54.3 cm³/mol. The Kier molecular flexibility index (Phi) is 3.57. The van der Waals surface area contributed by atoms with Gasteiger partial charge < -0.3 is 5.32 Å². The van der Waals surface area contributed by atoms with E-state index in [0.29, 0.717) is 5.54 Å². The zero-order valence-electron chi connectivity index (χ0n) is 8.82. The molecule has 72 valence electrons. The highest BCUT2D eigenvalue weighted by Gasteiger charge is 2.22. The normalized spacial score (nSPS) is 18.2. The van der Waals surface area contributed by atoms with E-state index >= 15 is 0 Å². The van der Waals surface area contributed by atoms with E-state index < -0.39 is 0 Å². The van der Waals surface area contributed by atoms with Crippen LogP contribution in [0.5, 0.6) is 0 Å². The van der Waals surface area contributed by atoms with Gasteiger partial charge in [-0.3, -0.25) is 0 Å². The van der Waals surface area contributed by atoms with Crippen LogP contribution < -0.4 is 5.32 Å². The third-order valence-corrected chi connectivity index (χ3v) is 2.73. The minimum atomic E-state index is 0.365. The molecule has 1 heteroatoms. The van der Waals surface area contributed by atoms with Gasteiger partial charge in [0.2, 0.25) is 0 Å². The molecule has 1 N–H and O–H groups in total. The Morgan fingerprint density at radius 3 is 2.50 bits per heavy atom. The second-order valence-electron chi connectivity index (χ2n) is 4.79. The van der Waals surface area contributed by atoms with Crippen molar-refractivity contribution in [1.82, 2.24) is 5.32 Å². The van der Waals surface area contributed by atoms with Crippen molar-refractivity contribution < 1.29 is 0 Å². The largest absolute Gasteiger partial charge is 0.312 e. The Balaban J connectivity index is 2.01. The van der Waals surface area contributed by atoms with Gasteiger partial charge in [0.05, 0.1) is 0 Å². The Bertz CT molecular complexity index is 125. The Morgan fingerprint density at radius 1 is 1.33 bits per heavy atom. The maximum Gasteiger partial charge on any atom is 0.0125 e. The molecule has 1 fully saturated rings. The van der Waals surface area contributed by atoms with E-state index in [1.54, 1.807) is 0 Å². The Hall–Kier alpha value is -0.0400. The number of hydrogen-bond donors (Lipinski definition) is 1. The maximum atomic E-state index is 3.63. The van der Waals surface area contributed by atoms with Crippen molar-refractivity contribution in [2.75, 3.05) is 6.54 Å². The highest BCUT2D eigenvalue weighted by atomic mass is 14.9. The van der Waals surface area contributed by atoms with Crippen LogP contribution in [0.15, 0.2) is 0 Å². The van der Waals surface area contributed by atoms with E-state index in [1.807, 2.05) is 0 Å². The lowest BCUT2D eigenvalue weighted by Crippen LogP contribution is -2.39. The van der Waals surface area contributed by atoms with Crippen LogP contribution >= 0.6 is 0 Å². The highest BCUT2D eigenvalue weighted by molar-refractivity contribution is 4.79. The van der Waals surface area contributed by atoms with E-state index in [-0.39, 0.29) is 0 Å². The summed E-state index contributed by atoms with van der Waals surface area (Å²) in [5.41, 5.74) is 0.365. The zero-order valence-corrected chi connectivity index (χ0v) is 8.82. The molecule has 1 nitrogen and oxygen atoms in total. The summed E-state index contributed by atoms with van der Waals surface area (Å²) >= 11 is 0. The van der Waals surface area contributed by atoms with Gasteiger partial charge in [0.1, 0.15) is 0 Å². The standard InChI is InChI=1S/C11H23N/c1-4-8-11(2,3)12-9-7-10-5-6-10/h10,12H,4-9H2,1-3H3. The summed E-state index contributed by atoms with van der Waals surface area (Å²) in [6.07, 6.45) is 6.93. The molecule has 1 rings (SSSR count). The molecule has 0 bridgehead atoms. The average Bonchev–Trinajstić information content (AvgIpc) is 2.70. The fourth-order valence-corrected chi connectivity index (χ4v) is 1.73. The summed E-state index contributed by atoms with van der Waals surface area (Å²) < 4.78 is 0. The number of nitrogens with one attached hydrogen (secondary N) is 1. The molecule has 0 aromatic carbocycles. The van der Waals surface area contributed by atoms with Gasteiger partial charge in [0.25, 0.3) is 0 Å². The van der Waals surface area contributed by atoms with E-state index in [0.717, 1.165) is 5.92 Å². The summed E-state index contributed by atoms with van der Waals surface area (Å²) in [5.74, 6) is 1.06. The van der Waals surface area contributed by atoms with Crippen LogP contribution in [-0.2, 0) is 0 Å². The van der Waals surface area contributed by atoms with Crippen molar-refractivity contribution in [2.45, 2.75) is 58.4 Å². The van der Waals surface area contributed by atoms with Crippen molar-refractivity contribution in [3.05, 3.63) is 0 Å². The van der Waals surface area contributed by atoms with Gasteiger partial charge in [0.15, 0.2) is 0 Å². The van der Waals surface area contributed by atoms with Crippen LogP contribution in [0.2, 0.25) is 0 Å². The van der Waals surface area contributed by atoms with Crippen LogP contribution in [0.1, 0.15) is 52.9 Å². The molecule has 0 spiro atoms. The van der Waals surface area contributed by atoms with E-state index in [1.165, 1.54) is 38.6 Å². The van der Waals surface area contributed by atoms with Crippen molar-refractivity contribution in [1.29, 1.82) is 0 Å². The Morgan fingerprint density at radius 2 is 2.00 bits per heavy atom. The molecule has 0 saturated heterocycles. The highest BCUT2D eigenvalue weighted by Crippen LogP contribution is 2.31. The van der Waals surface area contributed by atoms with Gasteiger partial charge in [-0.1, -0.05) is 26.2 Å². The van der Waals surface area contributed by atoms with Crippen LogP contribution in [-0.4, -0.2) is 12.1 Å². The molecular weight excluding hydrogens is 146 g/mol. The lowest BCUT2D eigenvalue weighted by atomic mass is 9.99. The Labute approximate surface area is 76.9 Å². The fraction of sp³-hybridized carbons (Fsp3) is 1.00. The van der Waals surface area contributed by atoms with E-state index in [4.69, 9.17) is 0 Å². The number of rotatable bonds is 6. The average molecular weight is 169 g/mol. The minimum absolute atomic E-state index is 0.365. The van der Waals surface area contributed by atoms with Crippen molar-refractivity contribution in [3.63, 3.8) is 0 Å².